The van der Waals surface area contributed by atoms with Gasteiger partial charge in [0, 0.05) is 30.2 Å². The third-order valence-corrected chi connectivity index (χ3v) is 3.12. The number of hydrogen-bond acceptors (Lipinski definition) is 3. The highest BCUT2D eigenvalue weighted by Crippen LogP contribution is 2.27. The van der Waals surface area contributed by atoms with E-state index in [0.717, 1.165) is 24.5 Å². The molecule has 0 saturated carbocycles. The van der Waals surface area contributed by atoms with Crippen LogP contribution >= 0.6 is 11.6 Å². The molecule has 0 amide bonds. The summed E-state index contributed by atoms with van der Waals surface area (Å²) in [7, 11) is 0. The van der Waals surface area contributed by atoms with Crippen LogP contribution in [0.4, 0.5) is 11.4 Å². The fourth-order valence-corrected chi connectivity index (χ4v) is 2.52. The minimum Gasteiger partial charge on any atom is -0.397 e. The summed E-state index contributed by atoms with van der Waals surface area (Å²) in [6, 6.07) is 6.68. The molecule has 0 unspecified atom stereocenters. The van der Waals surface area contributed by atoms with Gasteiger partial charge in [-0.25, -0.2) is 0 Å². The third-order valence-electron chi connectivity index (χ3n) is 2.89. The number of nitrogen functional groups attached to an aromatic ring is 1. The van der Waals surface area contributed by atoms with E-state index in [4.69, 9.17) is 17.3 Å². The van der Waals surface area contributed by atoms with Crippen LogP contribution in [0.5, 0.6) is 0 Å². The van der Waals surface area contributed by atoms with Gasteiger partial charge in [0.15, 0.2) is 0 Å². The summed E-state index contributed by atoms with van der Waals surface area (Å²) in [5, 5.41) is 4.19. The van der Waals surface area contributed by atoms with Crippen molar-refractivity contribution in [2.75, 3.05) is 23.7 Å². The van der Waals surface area contributed by atoms with Crippen LogP contribution < -0.4 is 16.0 Å². The first-order valence-corrected chi connectivity index (χ1v) is 6.00. The predicted molar refractivity (Wildman–Crippen MR) is 70.1 cm³/mol. The van der Waals surface area contributed by atoms with Gasteiger partial charge in [-0.15, -0.1) is 0 Å². The van der Waals surface area contributed by atoms with Crippen LogP contribution in [-0.2, 0) is 0 Å². The van der Waals surface area contributed by atoms with Crippen molar-refractivity contribution in [1.82, 2.24) is 5.32 Å². The van der Waals surface area contributed by atoms with Gasteiger partial charge < -0.3 is 16.0 Å². The zero-order valence-corrected chi connectivity index (χ0v) is 10.5. The zero-order chi connectivity index (χ0) is 11.7. The minimum atomic E-state index is 0.485. The highest BCUT2D eigenvalue weighted by Gasteiger charge is 2.22. The Kier molecular flexibility index (Phi) is 3.26. The summed E-state index contributed by atoms with van der Waals surface area (Å²) in [4.78, 5) is 2.32. The topological polar surface area (TPSA) is 41.3 Å². The Morgan fingerprint density at radius 2 is 1.94 bits per heavy atom. The maximum absolute atomic E-state index is 6.00. The van der Waals surface area contributed by atoms with Crippen molar-refractivity contribution in [2.45, 2.75) is 25.9 Å². The van der Waals surface area contributed by atoms with Crippen molar-refractivity contribution in [3.8, 4) is 0 Å². The molecule has 0 spiro atoms. The number of anilines is 2. The first-order valence-electron chi connectivity index (χ1n) is 5.62. The average molecular weight is 240 g/mol. The van der Waals surface area contributed by atoms with E-state index in [9.17, 15) is 0 Å². The number of hydrogen-bond donors (Lipinski definition) is 2. The van der Waals surface area contributed by atoms with E-state index in [1.54, 1.807) is 0 Å². The Morgan fingerprint density at radius 3 is 2.50 bits per heavy atom. The van der Waals surface area contributed by atoms with E-state index in [2.05, 4.69) is 24.1 Å². The van der Waals surface area contributed by atoms with Crippen molar-refractivity contribution in [1.29, 1.82) is 0 Å². The van der Waals surface area contributed by atoms with Gasteiger partial charge in [-0.3, -0.25) is 0 Å². The van der Waals surface area contributed by atoms with Crippen LogP contribution in [0.15, 0.2) is 18.2 Å². The molecule has 1 heterocycles. The molecule has 1 saturated heterocycles. The van der Waals surface area contributed by atoms with Gasteiger partial charge in [0.25, 0.3) is 0 Å². The molecule has 0 aliphatic carbocycles. The van der Waals surface area contributed by atoms with E-state index >= 15 is 0 Å². The summed E-state index contributed by atoms with van der Waals surface area (Å²) in [5.41, 5.74) is 7.84. The van der Waals surface area contributed by atoms with Gasteiger partial charge in [-0.05, 0) is 32.0 Å². The monoisotopic (exact) mass is 239 g/mol. The van der Waals surface area contributed by atoms with E-state index < -0.39 is 0 Å². The smallest absolute Gasteiger partial charge is 0.0602 e. The van der Waals surface area contributed by atoms with E-state index in [-0.39, 0.29) is 0 Å². The molecule has 1 aliphatic heterocycles. The lowest BCUT2D eigenvalue weighted by Gasteiger charge is -2.38. The fourth-order valence-electron chi connectivity index (χ4n) is 2.34. The second-order valence-corrected chi connectivity index (χ2v) is 5.01. The van der Waals surface area contributed by atoms with Crippen LogP contribution in [0, 0.1) is 0 Å². The average Bonchev–Trinajstić information content (AvgIpc) is 2.15. The molecule has 0 bridgehead atoms. The Labute approximate surface area is 102 Å². The molecule has 88 valence electrons. The number of halogens is 1. The van der Waals surface area contributed by atoms with Crippen molar-refractivity contribution in [3.63, 3.8) is 0 Å². The maximum Gasteiger partial charge on any atom is 0.0602 e. The lowest BCUT2D eigenvalue weighted by atomic mass is 10.1. The Balaban J connectivity index is 2.23. The molecule has 4 heteroatoms. The second kappa shape index (κ2) is 4.52. The minimum absolute atomic E-state index is 0.485. The van der Waals surface area contributed by atoms with Crippen LogP contribution in [0.1, 0.15) is 13.8 Å². The molecule has 0 aromatic heterocycles. The molecule has 1 fully saturated rings. The summed E-state index contributed by atoms with van der Waals surface area (Å²) in [6.45, 7) is 6.34. The molecular formula is C12H18ClN3. The number of nitrogens with zero attached hydrogens (tertiary/aromatic N) is 1. The van der Waals surface area contributed by atoms with Gasteiger partial charge in [0.05, 0.1) is 11.4 Å². The van der Waals surface area contributed by atoms with Gasteiger partial charge in [-0.2, -0.15) is 0 Å². The van der Waals surface area contributed by atoms with Gasteiger partial charge in [0.1, 0.15) is 0 Å². The molecule has 2 rings (SSSR count). The molecule has 0 radical (unpaired) electrons. The van der Waals surface area contributed by atoms with Crippen molar-refractivity contribution < 1.29 is 0 Å². The summed E-state index contributed by atoms with van der Waals surface area (Å²) >= 11 is 5.90. The number of piperazine rings is 1. The quantitative estimate of drug-likeness (QED) is 0.738. The molecule has 2 atom stereocenters. The van der Waals surface area contributed by atoms with E-state index in [1.807, 2.05) is 18.2 Å². The Bertz CT molecular complexity index is 371. The largest absolute Gasteiger partial charge is 0.397 e. The molecule has 3 N–H and O–H groups in total. The first kappa shape index (κ1) is 11.6. The lowest BCUT2D eigenvalue weighted by molar-refractivity contribution is 0.407. The predicted octanol–water partition coefficient (Wildman–Crippen LogP) is 2.11. The number of rotatable bonds is 1. The first-order chi connectivity index (χ1) is 7.56. The SMILES string of the molecule is C[C@@H]1CN(c2ccc(Cl)cc2N)C[C@@H](C)N1. The van der Waals surface area contributed by atoms with Gasteiger partial charge in [-0.1, -0.05) is 11.6 Å². The fraction of sp³-hybridized carbons (Fsp3) is 0.500. The highest BCUT2D eigenvalue weighted by molar-refractivity contribution is 6.31. The maximum atomic E-state index is 6.00. The number of benzene rings is 1. The second-order valence-electron chi connectivity index (χ2n) is 4.58. The number of nitrogens with two attached hydrogens (primary N) is 1. The third kappa shape index (κ3) is 2.42. The Morgan fingerprint density at radius 1 is 1.31 bits per heavy atom. The van der Waals surface area contributed by atoms with Crippen LogP contribution in [0.3, 0.4) is 0 Å². The summed E-state index contributed by atoms with van der Waals surface area (Å²) in [6.07, 6.45) is 0. The van der Waals surface area contributed by atoms with Gasteiger partial charge in [0.2, 0.25) is 0 Å². The van der Waals surface area contributed by atoms with Crippen LogP contribution in [0.25, 0.3) is 0 Å². The Hall–Kier alpha value is -0.930. The van der Waals surface area contributed by atoms with Gasteiger partial charge >= 0.3 is 0 Å². The standard InChI is InChI=1S/C12H18ClN3/c1-8-6-16(7-9(2)15-8)12-4-3-10(13)5-11(12)14/h3-5,8-9,15H,6-7,14H2,1-2H3/t8-,9-/m1/s1. The van der Waals surface area contributed by atoms with Crippen LogP contribution in [0.2, 0.25) is 5.02 Å². The zero-order valence-electron chi connectivity index (χ0n) is 9.70. The lowest BCUT2D eigenvalue weighted by Crippen LogP contribution is -2.54. The van der Waals surface area contributed by atoms with Crippen molar-refractivity contribution in [2.24, 2.45) is 0 Å². The van der Waals surface area contributed by atoms with Crippen molar-refractivity contribution in [3.05, 3.63) is 23.2 Å². The normalized spacial score (nSPS) is 25.8. The molecule has 1 aromatic rings. The molecule has 16 heavy (non-hydrogen) atoms. The highest BCUT2D eigenvalue weighted by atomic mass is 35.5. The molecule has 1 aromatic carbocycles. The molecule has 3 nitrogen and oxygen atoms in total. The van der Waals surface area contributed by atoms with Crippen molar-refractivity contribution >= 4 is 23.0 Å². The molecule has 1 aliphatic rings. The van der Waals surface area contributed by atoms with E-state index in [1.165, 1.54) is 0 Å². The summed E-state index contributed by atoms with van der Waals surface area (Å²) in [5.74, 6) is 0. The van der Waals surface area contributed by atoms with Crippen LogP contribution in [-0.4, -0.2) is 25.2 Å². The summed E-state index contributed by atoms with van der Waals surface area (Å²) < 4.78 is 0. The molecular weight excluding hydrogens is 222 g/mol. The number of nitrogens with one attached hydrogen (secondary N) is 1. The van der Waals surface area contributed by atoms with E-state index in [0.29, 0.717) is 17.1 Å².